The second-order valence-corrected chi connectivity index (χ2v) is 8.66. The third kappa shape index (κ3) is 5.45. The van der Waals surface area contributed by atoms with Crippen LogP contribution < -0.4 is 10.2 Å². The first-order valence-electron chi connectivity index (χ1n) is 11.3. The Morgan fingerprint density at radius 2 is 1.89 bits per heavy atom. The molecule has 0 radical (unpaired) electrons. The van der Waals surface area contributed by atoms with Crippen molar-refractivity contribution < 1.29 is 22.7 Å². The second kappa shape index (κ2) is 10.0. The van der Waals surface area contributed by atoms with Crippen LogP contribution in [-0.4, -0.2) is 52.5 Å². The summed E-state index contributed by atoms with van der Waals surface area (Å²) in [6, 6.07) is 4.02. The van der Waals surface area contributed by atoms with Crippen LogP contribution in [0.1, 0.15) is 40.0 Å². The van der Waals surface area contributed by atoms with Crippen LogP contribution in [0, 0.1) is 19.8 Å². The van der Waals surface area contributed by atoms with Gasteiger partial charge in [0.05, 0.1) is 34.9 Å². The molecular formula is C24H27F3N6O2. The van der Waals surface area contributed by atoms with Crippen molar-refractivity contribution in [2.75, 3.05) is 37.0 Å². The molecule has 1 aliphatic rings. The number of carbonyl (C=O) groups is 1. The molecule has 4 rings (SSSR count). The van der Waals surface area contributed by atoms with Crippen LogP contribution in [0.3, 0.4) is 0 Å². The summed E-state index contributed by atoms with van der Waals surface area (Å²) >= 11 is 0. The minimum atomic E-state index is -4.47. The Bertz CT molecular complexity index is 1180. The van der Waals surface area contributed by atoms with Gasteiger partial charge >= 0.3 is 6.18 Å². The molecule has 3 aromatic rings. The molecule has 8 nitrogen and oxygen atoms in total. The van der Waals surface area contributed by atoms with Gasteiger partial charge < -0.3 is 15.0 Å². The second-order valence-electron chi connectivity index (χ2n) is 8.66. The van der Waals surface area contributed by atoms with Crippen LogP contribution in [0.25, 0.3) is 5.82 Å². The lowest BCUT2D eigenvalue weighted by Gasteiger charge is -2.33. The lowest BCUT2D eigenvalue weighted by molar-refractivity contribution is -0.137. The summed E-state index contributed by atoms with van der Waals surface area (Å²) in [5.41, 5.74) is 1.39. The van der Waals surface area contributed by atoms with Gasteiger partial charge in [-0.15, -0.1) is 0 Å². The summed E-state index contributed by atoms with van der Waals surface area (Å²) in [5, 5.41) is 6.96. The summed E-state index contributed by atoms with van der Waals surface area (Å²) in [6.07, 6.45) is 1.35. The number of hydrogen-bond acceptors (Lipinski definition) is 6. The topological polar surface area (TPSA) is 85.2 Å². The van der Waals surface area contributed by atoms with Gasteiger partial charge in [0.1, 0.15) is 5.82 Å². The van der Waals surface area contributed by atoms with Crippen LogP contribution in [0.15, 0.2) is 36.8 Å². The van der Waals surface area contributed by atoms with Crippen molar-refractivity contribution in [2.24, 2.45) is 5.92 Å². The van der Waals surface area contributed by atoms with Crippen LogP contribution in [0.2, 0.25) is 0 Å². The van der Waals surface area contributed by atoms with Gasteiger partial charge in [-0.3, -0.25) is 4.79 Å². The first-order chi connectivity index (χ1) is 16.7. The minimum Gasteiger partial charge on any atom is -0.384 e. The highest BCUT2D eigenvalue weighted by atomic mass is 19.4. The maximum atomic E-state index is 12.9. The number of methoxy groups -OCH3 is 1. The Hall–Kier alpha value is -3.47. The molecule has 0 unspecified atom stereocenters. The van der Waals surface area contributed by atoms with E-state index < -0.39 is 17.6 Å². The Morgan fingerprint density at radius 3 is 2.49 bits per heavy atom. The molecule has 0 bridgehead atoms. The number of carbonyl (C=O) groups excluding carboxylic acids is 1. The highest BCUT2D eigenvalue weighted by Crippen LogP contribution is 2.29. The number of hydrogen-bond donors (Lipinski definition) is 1. The Morgan fingerprint density at radius 1 is 1.14 bits per heavy atom. The number of amides is 1. The van der Waals surface area contributed by atoms with Gasteiger partial charge in [0.25, 0.3) is 5.91 Å². The predicted molar refractivity (Wildman–Crippen MR) is 125 cm³/mol. The summed E-state index contributed by atoms with van der Waals surface area (Å²) in [5.74, 6) is 1.26. The van der Waals surface area contributed by atoms with Gasteiger partial charge in [-0.1, -0.05) is 0 Å². The van der Waals surface area contributed by atoms with Crippen LogP contribution in [-0.2, 0) is 10.9 Å². The first-order valence-corrected chi connectivity index (χ1v) is 11.3. The lowest BCUT2D eigenvalue weighted by atomic mass is 9.97. The number of aryl methyl sites for hydroxylation is 1. The smallest absolute Gasteiger partial charge is 0.384 e. The van der Waals surface area contributed by atoms with Gasteiger partial charge in [0.2, 0.25) is 0 Å². The predicted octanol–water partition coefficient (Wildman–Crippen LogP) is 4.41. The SMILES string of the molecule is COCC1CCN(c2ncc(NC(=O)c3cnn(-c4ccc(C(F)(F)F)cn4)c3C)cc2C)CC1. The molecule has 1 fully saturated rings. The number of rotatable bonds is 6. The van der Waals surface area contributed by atoms with Crippen LogP contribution in [0.5, 0.6) is 0 Å². The molecule has 1 N–H and O–H groups in total. The Balaban J connectivity index is 1.44. The summed E-state index contributed by atoms with van der Waals surface area (Å²) in [6.45, 7) is 6.20. The van der Waals surface area contributed by atoms with Gasteiger partial charge in [-0.2, -0.15) is 18.3 Å². The van der Waals surface area contributed by atoms with E-state index >= 15 is 0 Å². The summed E-state index contributed by atoms with van der Waals surface area (Å²) in [7, 11) is 1.73. The van der Waals surface area contributed by atoms with E-state index in [1.165, 1.54) is 16.9 Å². The highest BCUT2D eigenvalue weighted by Gasteiger charge is 2.31. The molecule has 1 saturated heterocycles. The van der Waals surface area contributed by atoms with E-state index in [0.29, 0.717) is 17.3 Å². The van der Waals surface area contributed by atoms with Crippen molar-refractivity contribution in [3.63, 3.8) is 0 Å². The Kier molecular flexibility index (Phi) is 7.06. The lowest BCUT2D eigenvalue weighted by Crippen LogP contribution is -2.36. The average molecular weight is 489 g/mol. The largest absolute Gasteiger partial charge is 0.417 e. The number of alkyl halides is 3. The van der Waals surface area contributed by atoms with Crippen molar-refractivity contribution in [3.8, 4) is 5.82 Å². The fourth-order valence-corrected chi connectivity index (χ4v) is 4.26. The molecule has 4 heterocycles. The molecule has 11 heteroatoms. The molecular weight excluding hydrogens is 461 g/mol. The van der Waals surface area contributed by atoms with Crippen molar-refractivity contribution >= 4 is 17.4 Å². The van der Waals surface area contributed by atoms with E-state index in [9.17, 15) is 18.0 Å². The van der Waals surface area contributed by atoms with E-state index in [1.807, 2.05) is 13.0 Å². The van der Waals surface area contributed by atoms with Crippen molar-refractivity contribution in [2.45, 2.75) is 32.9 Å². The maximum absolute atomic E-state index is 12.9. The van der Waals surface area contributed by atoms with Crippen LogP contribution in [0.4, 0.5) is 24.7 Å². The van der Waals surface area contributed by atoms with E-state index in [1.54, 1.807) is 20.2 Å². The number of aromatic nitrogens is 4. The quantitative estimate of drug-likeness (QED) is 0.553. The van der Waals surface area contributed by atoms with E-state index in [4.69, 9.17) is 4.74 Å². The molecule has 0 aromatic carbocycles. The van der Waals surface area contributed by atoms with Crippen molar-refractivity contribution in [1.29, 1.82) is 0 Å². The van der Waals surface area contributed by atoms with Gasteiger partial charge in [0, 0.05) is 33.0 Å². The standard InChI is InChI=1S/C24H27F3N6O2/c1-15-10-19(12-29-22(15)32-8-6-17(7-9-32)14-35-3)31-23(34)20-13-30-33(16(20)2)21-5-4-18(11-28-21)24(25,26)27/h4-5,10-13,17H,6-9,14H2,1-3H3,(H,31,34). The van der Waals surface area contributed by atoms with Crippen molar-refractivity contribution in [1.82, 2.24) is 19.7 Å². The zero-order chi connectivity index (χ0) is 25.2. The number of pyridine rings is 2. The van der Waals surface area contributed by atoms with E-state index in [0.717, 1.165) is 56.2 Å². The van der Waals surface area contributed by atoms with Crippen LogP contribution >= 0.6 is 0 Å². The molecule has 186 valence electrons. The molecule has 0 atom stereocenters. The Labute approximate surface area is 201 Å². The fraction of sp³-hybridized carbons (Fsp3) is 0.417. The average Bonchev–Trinajstić information content (AvgIpc) is 3.21. The molecule has 1 aliphatic heterocycles. The van der Waals surface area contributed by atoms with E-state index in [-0.39, 0.29) is 11.4 Å². The van der Waals surface area contributed by atoms with Gasteiger partial charge in [0.15, 0.2) is 5.82 Å². The number of nitrogens with zero attached hydrogens (tertiary/aromatic N) is 5. The third-order valence-corrected chi connectivity index (χ3v) is 6.17. The highest BCUT2D eigenvalue weighted by molar-refractivity contribution is 6.05. The number of anilines is 2. The van der Waals surface area contributed by atoms with E-state index in [2.05, 4.69) is 25.3 Å². The third-order valence-electron chi connectivity index (χ3n) is 6.17. The molecule has 0 aliphatic carbocycles. The normalized spacial score (nSPS) is 14.9. The summed E-state index contributed by atoms with van der Waals surface area (Å²) in [4.78, 5) is 23.5. The van der Waals surface area contributed by atoms with Crippen molar-refractivity contribution in [3.05, 3.63) is 59.2 Å². The monoisotopic (exact) mass is 488 g/mol. The molecule has 35 heavy (non-hydrogen) atoms. The number of ether oxygens (including phenoxy) is 1. The van der Waals surface area contributed by atoms with Gasteiger partial charge in [-0.25, -0.2) is 14.6 Å². The maximum Gasteiger partial charge on any atom is 0.417 e. The number of piperidine rings is 1. The number of halogens is 3. The van der Waals surface area contributed by atoms with Gasteiger partial charge in [-0.05, 0) is 56.4 Å². The molecule has 0 saturated carbocycles. The molecule has 3 aromatic heterocycles. The molecule has 0 spiro atoms. The first kappa shape index (κ1) is 24.6. The summed E-state index contributed by atoms with van der Waals surface area (Å²) < 4.78 is 45.0. The molecule has 1 amide bonds. The zero-order valence-electron chi connectivity index (χ0n) is 19.8. The fourth-order valence-electron chi connectivity index (χ4n) is 4.26. The number of nitrogens with one attached hydrogen (secondary N) is 1. The minimum absolute atomic E-state index is 0.186. The zero-order valence-corrected chi connectivity index (χ0v) is 19.8.